The first kappa shape index (κ1) is 31.1. The molecule has 10 N–H and O–H groups in total. The average molecular weight is 581 g/mol. The van der Waals surface area contributed by atoms with Gasteiger partial charge in [0.25, 0.3) is 0 Å². The van der Waals surface area contributed by atoms with Gasteiger partial charge in [0.15, 0.2) is 11.6 Å². The number of nitrogens with two attached hydrogens (primary N) is 2. The van der Waals surface area contributed by atoms with Gasteiger partial charge in [-0.15, -0.1) is 0 Å². The van der Waals surface area contributed by atoms with E-state index in [0.717, 1.165) is 0 Å². The lowest BCUT2D eigenvalue weighted by atomic mass is 9.82. The van der Waals surface area contributed by atoms with Crippen molar-refractivity contribution in [1.82, 2.24) is 21.3 Å². The molecule has 2 aromatic rings. The minimum absolute atomic E-state index is 0.0458. The third kappa shape index (κ3) is 7.80. The molecular formula is C26H28N8O8. The van der Waals surface area contributed by atoms with Crippen molar-refractivity contribution in [2.24, 2.45) is 11.5 Å². The second-order valence-electron chi connectivity index (χ2n) is 8.73. The topological polar surface area (TPSA) is 261 Å². The van der Waals surface area contributed by atoms with E-state index in [4.69, 9.17) is 11.5 Å². The maximum Gasteiger partial charge on any atom is 0.243 e. The summed E-state index contributed by atoms with van der Waals surface area (Å²) in [6, 6.07) is 8.63. The van der Waals surface area contributed by atoms with Gasteiger partial charge in [0.1, 0.15) is 0 Å². The third-order valence-electron chi connectivity index (χ3n) is 5.78. The summed E-state index contributed by atoms with van der Waals surface area (Å²) >= 11 is 0. The van der Waals surface area contributed by atoms with Crippen LogP contribution in [-0.2, 0) is 28.8 Å². The Morgan fingerprint density at radius 3 is 1.19 bits per heavy atom. The normalized spacial score (nSPS) is 11.4. The average Bonchev–Trinajstić information content (AvgIpc) is 2.99. The summed E-state index contributed by atoms with van der Waals surface area (Å²) in [6.45, 7) is -2.47. The molecule has 1 aliphatic carbocycles. The third-order valence-corrected chi connectivity index (χ3v) is 5.78. The van der Waals surface area contributed by atoms with E-state index in [-0.39, 0.29) is 46.7 Å². The zero-order valence-electron chi connectivity index (χ0n) is 22.1. The number of hydrogen-bond donors (Lipinski definition) is 8. The van der Waals surface area contributed by atoms with Gasteiger partial charge >= 0.3 is 0 Å². The van der Waals surface area contributed by atoms with Crippen LogP contribution in [0.4, 0.5) is 11.4 Å². The first-order valence-corrected chi connectivity index (χ1v) is 12.5. The van der Waals surface area contributed by atoms with Crippen LogP contribution in [0.1, 0.15) is 31.8 Å². The largest absolute Gasteiger partial charge is 0.346 e. The highest BCUT2D eigenvalue weighted by atomic mass is 16.2. The van der Waals surface area contributed by atoms with Crippen LogP contribution in [0.3, 0.4) is 0 Å². The Morgan fingerprint density at radius 2 is 0.833 bits per heavy atom. The van der Waals surface area contributed by atoms with Crippen molar-refractivity contribution in [1.29, 1.82) is 0 Å². The van der Waals surface area contributed by atoms with Crippen LogP contribution in [-0.4, -0.2) is 86.3 Å². The number of carbonyl (C=O) groups excluding carboxylic acids is 8. The van der Waals surface area contributed by atoms with E-state index in [1.807, 2.05) is 0 Å². The van der Waals surface area contributed by atoms with Crippen molar-refractivity contribution in [2.45, 2.75) is 0 Å². The summed E-state index contributed by atoms with van der Waals surface area (Å²) in [4.78, 5) is 98.2. The van der Waals surface area contributed by atoms with Gasteiger partial charge in [0, 0.05) is 11.1 Å². The van der Waals surface area contributed by atoms with Crippen LogP contribution in [0.2, 0.25) is 0 Å². The van der Waals surface area contributed by atoms with Gasteiger partial charge in [0.2, 0.25) is 35.4 Å². The molecule has 1 aliphatic rings. The number of nitrogens with one attached hydrogen (secondary N) is 6. The SMILES string of the molecule is NCC(=O)NCC(=O)NCC(=O)Nc1ccc(NC(=O)CNC(=O)CNC(=O)CN)c2c1C(=O)c1ccccc1C2=O. The molecule has 0 unspecified atom stereocenters. The van der Waals surface area contributed by atoms with Gasteiger partial charge in [0.05, 0.1) is 61.8 Å². The molecule has 3 rings (SSSR count). The molecule has 0 aromatic heterocycles. The second-order valence-corrected chi connectivity index (χ2v) is 8.73. The number of carbonyl (C=O) groups is 8. The standard InChI is InChI=1S/C26H28N8O8/c27-7-17(35)29-9-19(37)31-11-21(39)33-15-5-6-16(34-22(40)12-32-20(38)10-30-18(36)8-28)24-23(15)25(41)13-3-1-2-4-14(13)26(24)42/h1-6H,7-12,27-28H2,(H,29,35)(H,30,36)(H,31,37)(H,32,38)(H,33,39)(H,34,40). The fourth-order valence-electron chi connectivity index (χ4n) is 3.80. The maximum absolute atomic E-state index is 13.5. The molecule has 0 saturated heterocycles. The fraction of sp³-hybridized carbons (Fsp3) is 0.231. The Morgan fingerprint density at radius 1 is 0.500 bits per heavy atom. The lowest BCUT2D eigenvalue weighted by Crippen LogP contribution is -2.42. The van der Waals surface area contributed by atoms with E-state index in [0.29, 0.717) is 0 Å². The molecule has 0 bridgehead atoms. The van der Waals surface area contributed by atoms with Gasteiger partial charge in [-0.25, -0.2) is 0 Å². The van der Waals surface area contributed by atoms with Crippen molar-refractivity contribution in [3.8, 4) is 0 Å². The van der Waals surface area contributed by atoms with Gasteiger partial charge in [-0.1, -0.05) is 24.3 Å². The van der Waals surface area contributed by atoms with Gasteiger partial charge < -0.3 is 43.4 Å². The van der Waals surface area contributed by atoms with Crippen LogP contribution in [0.15, 0.2) is 36.4 Å². The predicted molar refractivity (Wildman–Crippen MR) is 147 cm³/mol. The Bertz CT molecular complexity index is 1360. The van der Waals surface area contributed by atoms with Crippen molar-refractivity contribution >= 4 is 58.4 Å². The first-order valence-electron chi connectivity index (χ1n) is 12.5. The number of ketones is 2. The van der Waals surface area contributed by atoms with Crippen LogP contribution < -0.4 is 43.4 Å². The summed E-state index contributed by atoms with van der Waals surface area (Å²) < 4.78 is 0. The van der Waals surface area contributed by atoms with Crippen LogP contribution >= 0.6 is 0 Å². The van der Waals surface area contributed by atoms with Crippen molar-refractivity contribution in [2.75, 3.05) is 49.9 Å². The predicted octanol–water partition coefficient (Wildman–Crippen LogP) is -3.28. The second kappa shape index (κ2) is 14.2. The Labute approximate surface area is 238 Å². The van der Waals surface area contributed by atoms with Crippen molar-refractivity contribution in [3.05, 3.63) is 58.7 Å². The van der Waals surface area contributed by atoms with Crippen molar-refractivity contribution < 1.29 is 38.4 Å². The zero-order chi connectivity index (χ0) is 30.8. The monoisotopic (exact) mass is 580 g/mol. The highest BCUT2D eigenvalue weighted by Crippen LogP contribution is 2.36. The zero-order valence-corrected chi connectivity index (χ0v) is 22.1. The Balaban J connectivity index is 1.78. The maximum atomic E-state index is 13.5. The lowest BCUT2D eigenvalue weighted by Gasteiger charge is -2.23. The van der Waals surface area contributed by atoms with Crippen LogP contribution in [0.5, 0.6) is 0 Å². The molecule has 2 aromatic carbocycles. The molecule has 0 spiro atoms. The first-order chi connectivity index (χ1) is 20.0. The molecule has 16 heteroatoms. The minimum atomic E-state index is -0.740. The Kier molecular flexibility index (Phi) is 10.5. The van der Waals surface area contributed by atoms with Gasteiger partial charge in [-0.2, -0.15) is 0 Å². The van der Waals surface area contributed by atoms with Crippen molar-refractivity contribution in [3.63, 3.8) is 0 Å². The molecule has 0 aliphatic heterocycles. The summed E-state index contributed by atoms with van der Waals surface area (Å²) in [5.41, 5.74) is 10.0. The summed E-state index contributed by atoms with van der Waals surface area (Å²) in [7, 11) is 0. The molecule has 0 fully saturated rings. The molecule has 0 radical (unpaired) electrons. The minimum Gasteiger partial charge on any atom is -0.346 e. The smallest absolute Gasteiger partial charge is 0.243 e. The van der Waals surface area contributed by atoms with Crippen LogP contribution in [0, 0.1) is 0 Å². The highest BCUT2D eigenvalue weighted by molar-refractivity contribution is 6.32. The van der Waals surface area contributed by atoms with E-state index in [9.17, 15) is 38.4 Å². The number of amides is 6. The summed E-state index contributed by atoms with van der Waals surface area (Å²) in [6.07, 6.45) is 0. The number of hydrogen-bond acceptors (Lipinski definition) is 10. The van der Waals surface area contributed by atoms with E-state index >= 15 is 0 Å². The van der Waals surface area contributed by atoms with E-state index < -0.39 is 73.2 Å². The molecule has 0 heterocycles. The highest BCUT2D eigenvalue weighted by Gasteiger charge is 2.34. The van der Waals surface area contributed by atoms with Crippen LogP contribution in [0.25, 0.3) is 0 Å². The lowest BCUT2D eigenvalue weighted by molar-refractivity contribution is -0.126. The Hall–Kier alpha value is -5.48. The molecule has 0 saturated carbocycles. The molecule has 6 amide bonds. The van der Waals surface area contributed by atoms with Gasteiger partial charge in [-0.3, -0.25) is 38.4 Å². The molecule has 42 heavy (non-hydrogen) atoms. The van der Waals surface area contributed by atoms with E-state index in [1.54, 1.807) is 12.1 Å². The number of fused-ring (bicyclic) bond motifs is 2. The summed E-state index contributed by atoms with van der Waals surface area (Å²) in [5.74, 6) is -5.12. The van der Waals surface area contributed by atoms with Gasteiger partial charge in [-0.05, 0) is 12.1 Å². The molecule has 0 atom stereocenters. The molecular weight excluding hydrogens is 552 g/mol. The quantitative estimate of drug-likeness (QED) is 0.106. The fourth-order valence-corrected chi connectivity index (χ4v) is 3.80. The van der Waals surface area contributed by atoms with E-state index in [1.165, 1.54) is 24.3 Å². The number of benzene rings is 2. The molecule has 16 nitrogen and oxygen atoms in total. The summed E-state index contributed by atoms with van der Waals surface area (Å²) in [5, 5.41) is 14.1. The number of rotatable bonds is 12. The van der Waals surface area contributed by atoms with E-state index in [2.05, 4.69) is 31.9 Å². The number of anilines is 2. The molecule has 220 valence electrons.